The van der Waals surface area contributed by atoms with Crippen molar-refractivity contribution < 1.29 is 14.3 Å². The Labute approximate surface area is 155 Å². The van der Waals surface area contributed by atoms with E-state index in [1.807, 2.05) is 37.3 Å². The number of amides is 2. The second-order valence-corrected chi connectivity index (χ2v) is 6.94. The van der Waals surface area contributed by atoms with Gasteiger partial charge in [0, 0.05) is 23.1 Å². The number of halogens is 1. The lowest BCUT2D eigenvalue weighted by atomic mass is 10.1. The molecule has 130 valence electrons. The first-order chi connectivity index (χ1) is 12.0. The zero-order valence-electron chi connectivity index (χ0n) is 14.1. The molecule has 1 saturated heterocycles. The second-order valence-electron chi connectivity index (χ2n) is 6.03. The Bertz CT molecular complexity index is 822. The summed E-state index contributed by atoms with van der Waals surface area (Å²) in [4.78, 5) is 26.7. The van der Waals surface area contributed by atoms with Gasteiger partial charge in [0.05, 0.1) is 18.7 Å². The molecule has 0 spiro atoms. The van der Waals surface area contributed by atoms with Crippen LogP contribution in [0.2, 0.25) is 0 Å². The average molecular weight is 403 g/mol. The van der Waals surface area contributed by atoms with Crippen molar-refractivity contribution in [1.82, 2.24) is 0 Å². The number of carbonyl (C=O) groups excluding carboxylic acids is 2. The lowest BCUT2D eigenvalue weighted by Crippen LogP contribution is -2.28. The number of para-hydroxylation sites is 2. The van der Waals surface area contributed by atoms with Gasteiger partial charge in [0.1, 0.15) is 5.75 Å². The molecule has 0 aromatic heterocycles. The van der Waals surface area contributed by atoms with Crippen molar-refractivity contribution in [2.24, 2.45) is 5.92 Å². The van der Waals surface area contributed by atoms with E-state index in [1.54, 1.807) is 24.1 Å². The maximum Gasteiger partial charge on any atom is 0.229 e. The molecular weight excluding hydrogens is 384 g/mol. The van der Waals surface area contributed by atoms with E-state index in [1.165, 1.54) is 0 Å². The van der Waals surface area contributed by atoms with Crippen LogP contribution in [0, 0.1) is 12.8 Å². The number of nitrogens with one attached hydrogen (secondary N) is 1. The molecule has 2 amide bonds. The Morgan fingerprint density at radius 1 is 1.28 bits per heavy atom. The highest BCUT2D eigenvalue weighted by Crippen LogP contribution is 2.31. The third-order valence-electron chi connectivity index (χ3n) is 4.31. The van der Waals surface area contributed by atoms with Gasteiger partial charge in [0.2, 0.25) is 11.8 Å². The molecule has 6 heteroatoms. The van der Waals surface area contributed by atoms with Crippen LogP contribution in [0.5, 0.6) is 5.75 Å². The van der Waals surface area contributed by atoms with E-state index in [0.29, 0.717) is 18.0 Å². The fraction of sp³-hybridized carbons (Fsp3) is 0.263. The van der Waals surface area contributed by atoms with E-state index in [0.717, 1.165) is 15.7 Å². The number of hydrogen-bond acceptors (Lipinski definition) is 3. The highest BCUT2D eigenvalue weighted by molar-refractivity contribution is 9.10. The Balaban J connectivity index is 1.74. The first kappa shape index (κ1) is 17.5. The molecule has 0 radical (unpaired) electrons. The summed E-state index contributed by atoms with van der Waals surface area (Å²) in [6.45, 7) is 2.33. The van der Waals surface area contributed by atoms with Gasteiger partial charge in [0.25, 0.3) is 0 Å². The SMILES string of the molecule is COc1ccccc1NC(=O)C1CC(=O)N(c2ccc(Br)cc2C)C1. The van der Waals surface area contributed by atoms with Crippen LogP contribution in [0.4, 0.5) is 11.4 Å². The van der Waals surface area contributed by atoms with E-state index >= 15 is 0 Å². The van der Waals surface area contributed by atoms with Gasteiger partial charge >= 0.3 is 0 Å². The summed E-state index contributed by atoms with van der Waals surface area (Å²) < 4.78 is 6.21. The molecule has 1 aliphatic heterocycles. The molecule has 5 nitrogen and oxygen atoms in total. The Kier molecular flexibility index (Phi) is 5.08. The number of benzene rings is 2. The summed E-state index contributed by atoms with van der Waals surface area (Å²) in [5, 5.41) is 2.87. The quantitative estimate of drug-likeness (QED) is 0.846. The number of nitrogens with zero attached hydrogens (tertiary/aromatic N) is 1. The lowest BCUT2D eigenvalue weighted by Gasteiger charge is -2.19. The summed E-state index contributed by atoms with van der Waals surface area (Å²) in [7, 11) is 1.56. The summed E-state index contributed by atoms with van der Waals surface area (Å²) in [6.07, 6.45) is 0.205. The van der Waals surface area contributed by atoms with E-state index < -0.39 is 0 Å². The molecule has 1 N–H and O–H groups in total. The molecule has 1 heterocycles. The van der Waals surface area contributed by atoms with Crippen molar-refractivity contribution in [3.63, 3.8) is 0 Å². The van der Waals surface area contributed by atoms with Crippen LogP contribution in [0.15, 0.2) is 46.9 Å². The van der Waals surface area contributed by atoms with Gasteiger partial charge < -0.3 is 15.0 Å². The van der Waals surface area contributed by atoms with Crippen molar-refractivity contribution in [3.05, 3.63) is 52.5 Å². The van der Waals surface area contributed by atoms with Crippen LogP contribution in [0.3, 0.4) is 0 Å². The molecule has 2 aromatic carbocycles. The van der Waals surface area contributed by atoms with Gasteiger partial charge in [-0.3, -0.25) is 9.59 Å². The molecule has 3 rings (SSSR count). The fourth-order valence-electron chi connectivity index (χ4n) is 3.02. The number of rotatable bonds is 4. The summed E-state index contributed by atoms with van der Waals surface area (Å²) in [5.74, 6) is 0.00181. The van der Waals surface area contributed by atoms with Crippen molar-refractivity contribution in [2.45, 2.75) is 13.3 Å². The van der Waals surface area contributed by atoms with Crippen LogP contribution >= 0.6 is 15.9 Å². The smallest absolute Gasteiger partial charge is 0.229 e. The fourth-order valence-corrected chi connectivity index (χ4v) is 3.50. The van der Waals surface area contributed by atoms with Gasteiger partial charge in [-0.05, 0) is 42.8 Å². The third-order valence-corrected chi connectivity index (χ3v) is 4.80. The van der Waals surface area contributed by atoms with Crippen molar-refractivity contribution in [2.75, 3.05) is 23.9 Å². The second kappa shape index (κ2) is 7.27. The largest absolute Gasteiger partial charge is 0.495 e. The molecule has 25 heavy (non-hydrogen) atoms. The lowest BCUT2D eigenvalue weighted by molar-refractivity contribution is -0.122. The molecule has 1 unspecified atom stereocenters. The van der Waals surface area contributed by atoms with E-state index in [-0.39, 0.29) is 24.2 Å². The minimum Gasteiger partial charge on any atom is -0.495 e. The first-order valence-corrected chi connectivity index (χ1v) is 8.79. The Morgan fingerprint density at radius 2 is 2.04 bits per heavy atom. The number of anilines is 2. The number of ether oxygens (including phenoxy) is 1. The third kappa shape index (κ3) is 3.69. The van der Waals surface area contributed by atoms with Gasteiger partial charge in [-0.2, -0.15) is 0 Å². The average Bonchev–Trinajstić information content (AvgIpc) is 2.97. The Morgan fingerprint density at radius 3 is 2.76 bits per heavy atom. The van der Waals surface area contributed by atoms with E-state index in [4.69, 9.17) is 4.74 Å². The molecule has 0 bridgehead atoms. The van der Waals surface area contributed by atoms with Crippen LogP contribution in [-0.2, 0) is 9.59 Å². The monoisotopic (exact) mass is 402 g/mol. The highest BCUT2D eigenvalue weighted by atomic mass is 79.9. The van der Waals surface area contributed by atoms with Gasteiger partial charge in [-0.1, -0.05) is 28.1 Å². The molecule has 1 atom stereocenters. The van der Waals surface area contributed by atoms with Crippen LogP contribution in [-0.4, -0.2) is 25.5 Å². The predicted molar refractivity (Wildman–Crippen MR) is 101 cm³/mol. The molecular formula is C19H19BrN2O3. The van der Waals surface area contributed by atoms with Gasteiger partial charge in [0.15, 0.2) is 0 Å². The summed E-state index contributed by atoms with van der Waals surface area (Å²) in [6, 6.07) is 13.0. The summed E-state index contributed by atoms with van der Waals surface area (Å²) >= 11 is 3.43. The van der Waals surface area contributed by atoms with Gasteiger partial charge in [-0.15, -0.1) is 0 Å². The van der Waals surface area contributed by atoms with Crippen LogP contribution in [0.25, 0.3) is 0 Å². The van der Waals surface area contributed by atoms with Crippen LogP contribution < -0.4 is 15.0 Å². The maximum atomic E-state index is 12.6. The van der Waals surface area contributed by atoms with Gasteiger partial charge in [-0.25, -0.2) is 0 Å². The molecule has 1 aliphatic rings. The normalized spacial score (nSPS) is 16.8. The number of methoxy groups -OCH3 is 1. The maximum absolute atomic E-state index is 12.6. The van der Waals surface area contributed by atoms with E-state index in [9.17, 15) is 9.59 Å². The minimum atomic E-state index is -0.388. The highest BCUT2D eigenvalue weighted by Gasteiger charge is 2.35. The topological polar surface area (TPSA) is 58.6 Å². The number of hydrogen-bond donors (Lipinski definition) is 1. The molecule has 1 fully saturated rings. The molecule has 0 saturated carbocycles. The zero-order valence-corrected chi connectivity index (χ0v) is 15.7. The molecule has 2 aromatic rings. The molecule has 0 aliphatic carbocycles. The first-order valence-electron chi connectivity index (χ1n) is 8.00. The standard InChI is InChI=1S/C19H19BrN2O3/c1-12-9-14(20)7-8-16(12)22-11-13(10-18(22)23)19(24)21-15-5-3-4-6-17(15)25-2/h3-9,13H,10-11H2,1-2H3,(H,21,24). The summed E-state index contributed by atoms with van der Waals surface area (Å²) in [5.41, 5.74) is 2.45. The van der Waals surface area contributed by atoms with Crippen molar-refractivity contribution >= 4 is 39.1 Å². The predicted octanol–water partition coefficient (Wildman–Crippen LogP) is 3.76. The minimum absolute atomic E-state index is 0.0365. The zero-order chi connectivity index (χ0) is 18.0. The Hall–Kier alpha value is -2.34. The van der Waals surface area contributed by atoms with Crippen LogP contribution in [0.1, 0.15) is 12.0 Å². The number of aryl methyl sites for hydroxylation is 1. The van der Waals surface area contributed by atoms with Crippen molar-refractivity contribution in [1.29, 1.82) is 0 Å². The van der Waals surface area contributed by atoms with Crippen molar-refractivity contribution in [3.8, 4) is 5.75 Å². The number of carbonyl (C=O) groups is 2. The van der Waals surface area contributed by atoms with E-state index in [2.05, 4.69) is 21.2 Å².